The smallest absolute Gasteiger partial charge is 0.337 e. The molecule has 1 atom stereocenters. The van der Waals surface area contributed by atoms with Gasteiger partial charge in [0.1, 0.15) is 0 Å². The summed E-state index contributed by atoms with van der Waals surface area (Å²) < 4.78 is 24.7. The molecule has 3 rings (SSSR count). The molecule has 1 unspecified atom stereocenters. The molecule has 1 fully saturated rings. The number of pyridine rings is 1. The highest BCUT2D eigenvalue weighted by atomic mass is 32.2. The van der Waals surface area contributed by atoms with Gasteiger partial charge >= 0.3 is 5.97 Å². The fourth-order valence-corrected chi connectivity index (χ4v) is 4.20. The van der Waals surface area contributed by atoms with E-state index < -0.39 is 15.8 Å². The van der Waals surface area contributed by atoms with Gasteiger partial charge in [-0.25, -0.2) is 22.9 Å². The highest BCUT2D eigenvalue weighted by Gasteiger charge is 2.31. The molecule has 0 radical (unpaired) electrons. The second-order valence-corrected chi connectivity index (χ2v) is 7.22. The van der Waals surface area contributed by atoms with E-state index in [1.807, 2.05) is 0 Å². The maximum atomic E-state index is 11.6. The summed E-state index contributed by atoms with van der Waals surface area (Å²) in [6, 6.07) is 1.30. The van der Waals surface area contributed by atoms with Crippen molar-refractivity contribution in [2.75, 3.05) is 11.5 Å². The third-order valence-corrected chi connectivity index (χ3v) is 5.28. The molecule has 1 N–H and O–H groups in total. The molecule has 2 aromatic heterocycles. The first-order valence-corrected chi connectivity index (χ1v) is 7.98. The molecule has 3 heterocycles. The predicted molar refractivity (Wildman–Crippen MR) is 71.5 cm³/mol. The van der Waals surface area contributed by atoms with Crippen LogP contribution < -0.4 is 0 Å². The third kappa shape index (κ3) is 2.05. The molecule has 0 spiro atoms. The van der Waals surface area contributed by atoms with E-state index in [0.717, 1.165) is 0 Å². The van der Waals surface area contributed by atoms with Crippen molar-refractivity contribution in [2.24, 2.45) is 0 Å². The minimum Gasteiger partial charge on any atom is -0.478 e. The van der Waals surface area contributed by atoms with Crippen molar-refractivity contribution in [1.82, 2.24) is 14.8 Å². The Morgan fingerprint density at radius 1 is 1.50 bits per heavy atom. The van der Waals surface area contributed by atoms with E-state index >= 15 is 0 Å². The van der Waals surface area contributed by atoms with E-state index in [1.54, 1.807) is 11.6 Å². The van der Waals surface area contributed by atoms with Gasteiger partial charge in [-0.15, -0.1) is 0 Å². The van der Waals surface area contributed by atoms with Crippen LogP contribution in [0, 0.1) is 6.92 Å². The normalized spacial score (nSPS) is 21.4. The molecule has 0 aromatic carbocycles. The average molecular weight is 295 g/mol. The van der Waals surface area contributed by atoms with Gasteiger partial charge in [-0.2, -0.15) is 5.10 Å². The fourth-order valence-electron chi connectivity index (χ4n) is 2.51. The number of aromatic carboxylic acids is 1. The molecule has 7 nitrogen and oxygen atoms in total. The van der Waals surface area contributed by atoms with E-state index in [0.29, 0.717) is 23.1 Å². The van der Waals surface area contributed by atoms with Gasteiger partial charge in [0.25, 0.3) is 0 Å². The molecule has 106 valence electrons. The van der Waals surface area contributed by atoms with Crippen molar-refractivity contribution < 1.29 is 18.3 Å². The Bertz CT molecular complexity index is 809. The van der Waals surface area contributed by atoms with Crippen molar-refractivity contribution in [3.8, 4) is 0 Å². The number of rotatable bonds is 2. The number of aromatic nitrogens is 3. The standard InChI is InChI=1S/C12H13N3O4S/c1-7-10-4-8(12(16)17)5-13-11(10)15(14-7)9-2-3-20(18,19)6-9/h4-5,9H,2-3,6H2,1H3,(H,16,17). The highest BCUT2D eigenvalue weighted by molar-refractivity contribution is 7.91. The number of carboxylic acid groups (broad SMARTS) is 1. The molecule has 0 saturated carbocycles. The van der Waals surface area contributed by atoms with Crippen LogP contribution in [-0.2, 0) is 9.84 Å². The number of nitrogens with zero attached hydrogens (tertiary/aromatic N) is 3. The lowest BCUT2D eigenvalue weighted by atomic mass is 10.2. The van der Waals surface area contributed by atoms with Crippen LogP contribution in [0.2, 0.25) is 0 Å². The van der Waals surface area contributed by atoms with Gasteiger partial charge in [0.05, 0.1) is 28.8 Å². The average Bonchev–Trinajstić information content (AvgIpc) is 2.90. The Kier molecular flexibility index (Phi) is 2.79. The van der Waals surface area contributed by atoms with Crippen molar-refractivity contribution in [3.63, 3.8) is 0 Å². The minimum atomic E-state index is -3.01. The number of carbonyl (C=O) groups is 1. The molecule has 8 heteroatoms. The van der Waals surface area contributed by atoms with Gasteiger partial charge in [-0.3, -0.25) is 0 Å². The van der Waals surface area contributed by atoms with Crippen LogP contribution in [0.4, 0.5) is 0 Å². The van der Waals surface area contributed by atoms with Crippen molar-refractivity contribution in [1.29, 1.82) is 0 Å². The first-order chi connectivity index (χ1) is 9.37. The minimum absolute atomic E-state index is 0.0611. The molecule has 0 aliphatic carbocycles. The van der Waals surface area contributed by atoms with Crippen molar-refractivity contribution in [3.05, 3.63) is 23.5 Å². The third-order valence-electron chi connectivity index (χ3n) is 3.53. The van der Waals surface area contributed by atoms with Crippen LogP contribution >= 0.6 is 0 Å². The molecule has 1 saturated heterocycles. The second kappa shape index (κ2) is 4.27. The van der Waals surface area contributed by atoms with Crippen LogP contribution in [0.25, 0.3) is 11.0 Å². The summed E-state index contributed by atoms with van der Waals surface area (Å²) in [7, 11) is -3.01. The van der Waals surface area contributed by atoms with E-state index in [9.17, 15) is 13.2 Å². The van der Waals surface area contributed by atoms with Crippen molar-refractivity contribution >= 4 is 26.8 Å². The zero-order valence-corrected chi connectivity index (χ0v) is 11.6. The summed E-state index contributed by atoms with van der Waals surface area (Å²) in [6.07, 6.45) is 1.78. The number of sulfone groups is 1. The van der Waals surface area contributed by atoms with Gasteiger partial charge in [0.2, 0.25) is 0 Å². The van der Waals surface area contributed by atoms with Crippen LogP contribution in [0.15, 0.2) is 12.3 Å². The molecule has 2 aromatic rings. The summed E-state index contributed by atoms with van der Waals surface area (Å²) in [4.78, 5) is 15.1. The van der Waals surface area contributed by atoms with Crippen LogP contribution in [0.1, 0.15) is 28.5 Å². The second-order valence-electron chi connectivity index (χ2n) is 4.99. The summed E-state index contributed by atoms with van der Waals surface area (Å²) in [5, 5.41) is 14.0. The van der Waals surface area contributed by atoms with Gasteiger partial charge in [0.15, 0.2) is 15.5 Å². The van der Waals surface area contributed by atoms with Gasteiger partial charge in [0, 0.05) is 11.6 Å². The maximum absolute atomic E-state index is 11.6. The Hall–Kier alpha value is -1.96. The number of carboxylic acids is 1. The van der Waals surface area contributed by atoms with Crippen LogP contribution in [0.3, 0.4) is 0 Å². The highest BCUT2D eigenvalue weighted by Crippen LogP contribution is 2.27. The van der Waals surface area contributed by atoms with Gasteiger partial charge < -0.3 is 5.11 Å². The maximum Gasteiger partial charge on any atom is 0.337 e. The number of hydrogen-bond donors (Lipinski definition) is 1. The molecule has 20 heavy (non-hydrogen) atoms. The molecule has 1 aliphatic rings. The Morgan fingerprint density at radius 3 is 2.85 bits per heavy atom. The lowest BCUT2D eigenvalue weighted by Crippen LogP contribution is -2.13. The Balaban J connectivity index is 2.12. The summed E-state index contributed by atoms with van der Waals surface area (Å²) in [5.74, 6) is -0.827. The molecular weight excluding hydrogens is 282 g/mol. The van der Waals surface area contributed by atoms with Crippen LogP contribution in [0.5, 0.6) is 0 Å². The SMILES string of the molecule is Cc1nn(C2CCS(=O)(=O)C2)c2ncc(C(=O)O)cc12. The Labute approximate surface area is 115 Å². The fraction of sp³-hybridized carbons (Fsp3) is 0.417. The summed E-state index contributed by atoms with van der Waals surface area (Å²) in [6.45, 7) is 1.76. The zero-order valence-electron chi connectivity index (χ0n) is 10.8. The van der Waals surface area contributed by atoms with Gasteiger partial charge in [-0.05, 0) is 19.4 Å². The monoisotopic (exact) mass is 295 g/mol. The molecular formula is C12H13N3O4S. The lowest BCUT2D eigenvalue weighted by Gasteiger charge is -2.09. The van der Waals surface area contributed by atoms with E-state index in [-0.39, 0.29) is 23.1 Å². The van der Waals surface area contributed by atoms with E-state index in [2.05, 4.69) is 10.1 Å². The number of aryl methyl sites for hydroxylation is 1. The number of hydrogen-bond acceptors (Lipinski definition) is 5. The first kappa shape index (κ1) is 13.0. The largest absolute Gasteiger partial charge is 0.478 e. The Morgan fingerprint density at radius 2 is 2.25 bits per heavy atom. The molecule has 1 aliphatic heterocycles. The van der Waals surface area contributed by atoms with Gasteiger partial charge in [-0.1, -0.05) is 0 Å². The first-order valence-electron chi connectivity index (χ1n) is 6.16. The molecule has 0 bridgehead atoms. The molecule has 0 amide bonds. The zero-order chi connectivity index (χ0) is 14.5. The van der Waals surface area contributed by atoms with Crippen molar-refractivity contribution in [2.45, 2.75) is 19.4 Å². The summed E-state index contributed by atoms with van der Waals surface area (Å²) >= 11 is 0. The van der Waals surface area contributed by atoms with Crippen LogP contribution in [-0.4, -0.2) is 45.8 Å². The predicted octanol–water partition coefficient (Wildman–Crippen LogP) is 0.798. The quantitative estimate of drug-likeness (QED) is 0.879. The summed E-state index contributed by atoms with van der Waals surface area (Å²) in [5.41, 5.74) is 1.29. The number of fused-ring (bicyclic) bond motifs is 1. The topological polar surface area (TPSA) is 102 Å². The lowest BCUT2D eigenvalue weighted by molar-refractivity contribution is 0.0696. The van der Waals surface area contributed by atoms with E-state index in [1.165, 1.54) is 12.3 Å². The van der Waals surface area contributed by atoms with E-state index in [4.69, 9.17) is 5.11 Å².